The van der Waals surface area contributed by atoms with E-state index in [0.29, 0.717) is 6.54 Å². The molecule has 0 heterocycles. The fourth-order valence-corrected chi connectivity index (χ4v) is 0.843. The molecule has 0 aliphatic carbocycles. The summed E-state index contributed by atoms with van der Waals surface area (Å²) in [4.78, 5) is 11.1. The molecule has 0 fully saturated rings. The summed E-state index contributed by atoms with van der Waals surface area (Å²) >= 11 is 0. The lowest BCUT2D eigenvalue weighted by Gasteiger charge is -2.13. The van der Waals surface area contributed by atoms with E-state index in [1.165, 1.54) is 0 Å². The molecule has 0 aromatic carbocycles. The number of nitrogens with one attached hydrogen (secondary N) is 2. The predicted molar refractivity (Wildman–Crippen MR) is 52.6 cm³/mol. The van der Waals surface area contributed by atoms with Crippen molar-refractivity contribution in [2.24, 2.45) is 0 Å². The van der Waals surface area contributed by atoms with Crippen molar-refractivity contribution in [1.29, 1.82) is 0 Å². The highest BCUT2D eigenvalue weighted by Crippen LogP contribution is 1.84. The van der Waals surface area contributed by atoms with Gasteiger partial charge in [0.05, 0.1) is 19.3 Å². The van der Waals surface area contributed by atoms with Crippen LogP contribution in [0.25, 0.3) is 0 Å². The number of rotatable bonds is 7. The summed E-state index contributed by atoms with van der Waals surface area (Å²) in [6.45, 7) is 1.34. The maximum atomic E-state index is 11.1. The van der Waals surface area contributed by atoms with Gasteiger partial charge in [0.1, 0.15) is 0 Å². The number of aliphatic hydroxyl groups is 2. The summed E-state index contributed by atoms with van der Waals surface area (Å²) in [6, 6.07) is -0.603. The SMILES string of the molecule is CB(O)NCCC(=O)NC(CO)CO. The summed E-state index contributed by atoms with van der Waals surface area (Å²) in [5.74, 6) is -0.272. The molecule has 0 bridgehead atoms. The van der Waals surface area contributed by atoms with Gasteiger partial charge in [-0.3, -0.25) is 4.79 Å². The second-order valence-electron chi connectivity index (χ2n) is 3.01. The molecular formula is C7H17BN2O4. The van der Waals surface area contributed by atoms with Crippen molar-refractivity contribution in [1.82, 2.24) is 10.5 Å². The number of carbonyl (C=O) groups is 1. The Balaban J connectivity index is 3.54. The summed E-state index contributed by atoms with van der Waals surface area (Å²) in [5.41, 5.74) is 0. The summed E-state index contributed by atoms with van der Waals surface area (Å²) in [6.07, 6.45) is 0.196. The van der Waals surface area contributed by atoms with Crippen LogP contribution in [-0.2, 0) is 4.79 Å². The van der Waals surface area contributed by atoms with Crippen LogP contribution in [-0.4, -0.2) is 54.0 Å². The van der Waals surface area contributed by atoms with E-state index < -0.39 is 13.1 Å². The van der Waals surface area contributed by atoms with Gasteiger partial charge in [-0.1, -0.05) is 0 Å². The first-order valence-electron chi connectivity index (χ1n) is 4.52. The summed E-state index contributed by atoms with van der Waals surface area (Å²) in [5, 5.41) is 31.2. The molecule has 14 heavy (non-hydrogen) atoms. The zero-order valence-corrected chi connectivity index (χ0v) is 8.23. The van der Waals surface area contributed by atoms with Crippen molar-refractivity contribution < 1.29 is 20.0 Å². The Labute approximate surface area is 83.5 Å². The van der Waals surface area contributed by atoms with E-state index in [-0.39, 0.29) is 25.5 Å². The van der Waals surface area contributed by atoms with Crippen LogP contribution in [0.2, 0.25) is 6.82 Å². The molecule has 0 aliphatic rings. The van der Waals surface area contributed by atoms with Gasteiger partial charge < -0.3 is 25.8 Å². The van der Waals surface area contributed by atoms with Crippen LogP contribution in [0, 0.1) is 0 Å². The number of hydrogen-bond acceptors (Lipinski definition) is 5. The lowest BCUT2D eigenvalue weighted by Crippen LogP contribution is -2.42. The van der Waals surface area contributed by atoms with Gasteiger partial charge in [0.15, 0.2) is 0 Å². The molecule has 0 unspecified atom stereocenters. The van der Waals surface area contributed by atoms with Crippen molar-refractivity contribution in [3.8, 4) is 0 Å². The molecule has 6 nitrogen and oxygen atoms in total. The molecule has 0 aliphatic heterocycles. The third-order valence-electron chi connectivity index (χ3n) is 1.60. The smallest absolute Gasteiger partial charge is 0.373 e. The third kappa shape index (κ3) is 6.84. The van der Waals surface area contributed by atoms with Crippen molar-refractivity contribution in [2.75, 3.05) is 19.8 Å². The van der Waals surface area contributed by atoms with Crippen LogP contribution in [0.4, 0.5) is 0 Å². The first kappa shape index (κ1) is 13.4. The number of aliphatic hydroxyl groups excluding tert-OH is 2. The molecule has 0 aromatic rings. The molecule has 0 atom stereocenters. The van der Waals surface area contributed by atoms with E-state index in [9.17, 15) is 4.79 Å². The molecule has 82 valence electrons. The molecule has 0 radical (unpaired) electrons. The Kier molecular flexibility index (Phi) is 7.40. The second kappa shape index (κ2) is 7.75. The standard InChI is InChI=1S/C7H17BN2O4/c1-8(14)9-3-2-7(13)10-6(4-11)5-12/h6,9,11-12,14H,2-5H2,1H3,(H,10,13). The van der Waals surface area contributed by atoms with Gasteiger partial charge in [0.25, 0.3) is 0 Å². The van der Waals surface area contributed by atoms with Crippen molar-refractivity contribution in [3.63, 3.8) is 0 Å². The van der Waals surface area contributed by atoms with Crippen LogP contribution in [0.5, 0.6) is 0 Å². The number of carbonyl (C=O) groups excluding carboxylic acids is 1. The quantitative estimate of drug-likeness (QED) is 0.296. The Bertz CT molecular complexity index is 164. The Hall–Kier alpha value is -0.625. The average molecular weight is 204 g/mol. The maximum absolute atomic E-state index is 11.1. The molecule has 0 aromatic heterocycles. The first-order chi connectivity index (χ1) is 6.60. The average Bonchev–Trinajstić information content (AvgIpc) is 2.13. The van der Waals surface area contributed by atoms with Crippen molar-refractivity contribution in [2.45, 2.75) is 19.3 Å². The van der Waals surface area contributed by atoms with Crippen LogP contribution < -0.4 is 10.5 Å². The maximum Gasteiger partial charge on any atom is 0.373 e. The Morgan fingerprint density at radius 2 is 2.00 bits per heavy atom. The van der Waals surface area contributed by atoms with Gasteiger partial charge in [-0.2, -0.15) is 0 Å². The first-order valence-corrected chi connectivity index (χ1v) is 4.52. The molecule has 0 saturated heterocycles. The van der Waals surface area contributed by atoms with Gasteiger partial charge in [0.2, 0.25) is 5.91 Å². The normalized spacial score (nSPS) is 10.4. The van der Waals surface area contributed by atoms with E-state index >= 15 is 0 Å². The molecule has 1 amide bonds. The topological polar surface area (TPSA) is 102 Å². The van der Waals surface area contributed by atoms with Gasteiger partial charge in [-0.05, 0) is 13.4 Å². The number of hydrogen-bond donors (Lipinski definition) is 5. The second-order valence-corrected chi connectivity index (χ2v) is 3.01. The zero-order chi connectivity index (χ0) is 11.0. The summed E-state index contributed by atoms with van der Waals surface area (Å²) < 4.78 is 0. The minimum absolute atomic E-state index is 0.196. The van der Waals surface area contributed by atoms with Gasteiger partial charge in [-0.25, -0.2) is 0 Å². The molecule has 7 heteroatoms. The highest BCUT2D eigenvalue weighted by molar-refractivity contribution is 6.45. The van der Waals surface area contributed by atoms with Crippen molar-refractivity contribution >= 4 is 13.0 Å². The van der Waals surface area contributed by atoms with E-state index in [1.54, 1.807) is 6.82 Å². The minimum Gasteiger partial charge on any atom is -0.437 e. The fourth-order valence-electron chi connectivity index (χ4n) is 0.843. The minimum atomic E-state index is -0.644. The van der Waals surface area contributed by atoms with Gasteiger partial charge >= 0.3 is 7.05 Å². The molecule has 0 rings (SSSR count). The molecular weight excluding hydrogens is 187 g/mol. The van der Waals surface area contributed by atoms with Gasteiger partial charge in [0, 0.05) is 6.42 Å². The van der Waals surface area contributed by atoms with Crippen LogP contribution in [0.15, 0.2) is 0 Å². The largest absolute Gasteiger partial charge is 0.437 e. The Morgan fingerprint density at radius 3 is 2.43 bits per heavy atom. The Morgan fingerprint density at radius 1 is 1.43 bits per heavy atom. The van der Waals surface area contributed by atoms with Crippen LogP contribution >= 0.6 is 0 Å². The molecule has 5 N–H and O–H groups in total. The van der Waals surface area contributed by atoms with E-state index in [1.807, 2.05) is 0 Å². The van der Waals surface area contributed by atoms with E-state index in [4.69, 9.17) is 15.2 Å². The zero-order valence-electron chi connectivity index (χ0n) is 8.23. The monoisotopic (exact) mass is 204 g/mol. The third-order valence-corrected chi connectivity index (χ3v) is 1.60. The van der Waals surface area contributed by atoms with Gasteiger partial charge in [-0.15, -0.1) is 0 Å². The lowest BCUT2D eigenvalue weighted by molar-refractivity contribution is -0.122. The fraction of sp³-hybridized carbons (Fsp3) is 0.857. The van der Waals surface area contributed by atoms with Crippen LogP contribution in [0.3, 0.4) is 0 Å². The van der Waals surface area contributed by atoms with Crippen molar-refractivity contribution in [3.05, 3.63) is 0 Å². The van der Waals surface area contributed by atoms with E-state index in [0.717, 1.165) is 0 Å². The highest BCUT2D eigenvalue weighted by atomic mass is 16.3. The lowest BCUT2D eigenvalue weighted by atomic mass is 9.89. The predicted octanol–water partition coefficient (Wildman–Crippen LogP) is -2.45. The van der Waals surface area contributed by atoms with E-state index in [2.05, 4.69) is 10.5 Å². The number of amides is 1. The molecule has 0 saturated carbocycles. The highest BCUT2D eigenvalue weighted by Gasteiger charge is 2.10. The van der Waals surface area contributed by atoms with Crippen LogP contribution in [0.1, 0.15) is 6.42 Å². The summed E-state index contributed by atoms with van der Waals surface area (Å²) in [7, 11) is -0.644. The molecule has 0 spiro atoms.